The highest BCUT2D eigenvalue weighted by atomic mass is 16.6. The molecule has 0 radical (unpaired) electrons. The van der Waals surface area contributed by atoms with Gasteiger partial charge in [-0.2, -0.15) is 9.78 Å². The minimum Gasteiger partial charge on any atom is -0.508 e. The Balaban J connectivity index is 1.86. The van der Waals surface area contributed by atoms with Gasteiger partial charge < -0.3 is 15.2 Å². The molecule has 9 nitrogen and oxygen atoms in total. The van der Waals surface area contributed by atoms with Crippen LogP contribution in [0.25, 0.3) is 0 Å². The molecular weight excluding hydrogens is 278 g/mol. The highest BCUT2D eigenvalue weighted by Gasteiger charge is 2.12. The number of hydrogen-bond donors (Lipinski definition) is 2. The lowest BCUT2D eigenvalue weighted by molar-refractivity contribution is -0.389. The molecule has 21 heavy (non-hydrogen) atoms. The summed E-state index contributed by atoms with van der Waals surface area (Å²) in [6.45, 7) is -0.180. The first kappa shape index (κ1) is 14.2. The lowest BCUT2D eigenvalue weighted by atomic mass is 10.2. The van der Waals surface area contributed by atoms with Crippen LogP contribution in [-0.4, -0.2) is 31.9 Å². The number of phenolic OH excluding ortho intramolecular Hbond substituents is 1. The van der Waals surface area contributed by atoms with E-state index in [4.69, 9.17) is 5.11 Å². The maximum absolute atomic E-state index is 11.5. The van der Waals surface area contributed by atoms with Crippen LogP contribution in [0.1, 0.15) is 5.56 Å². The Hall–Kier alpha value is -3.23. The summed E-state index contributed by atoms with van der Waals surface area (Å²) in [7, 11) is 0. The first-order valence-corrected chi connectivity index (χ1v) is 5.83. The fourth-order valence-corrected chi connectivity index (χ4v) is 1.46. The van der Waals surface area contributed by atoms with E-state index in [1.165, 1.54) is 30.6 Å². The number of carbonyl (C=O) groups excluding carboxylic acids is 1. The van der Waals surface area contributed by atoms with Gasteiger partial charge in [0.15, 0.2) is 0 Å². The normalized spacial score (nSPS) is 10.7. The SMILES string of the molecule is O=C(Cn1ccc([N+](=O)[O-])n1)N/N=C\c1ccc(O)cc1. The molecule has 2 aromatic rings. The van der Waals surface area contributed by atoms with E-state index in [1.54, 1.807) is 12.1 Å². The van der Waals surface area contributed by atoms with E-state index in [9.17, 15) is 14.9 Å². The van der Waals surface area contributed by atoms with Crippen molar-refractivity contribution in [3.05, 3.63) is 52.2 Å². The monoisotopic (exact) mass is 289 g/mol. The number of nitro groups is 1. The standard InChI is InChI=1S/C12H11N5O4/c18-10-3-1-9(2-4-10)7-13-14-12(19)8-16-6-5-11(15-16)17(20)21/h1-7,18H,8H2,(H,14,19)/b13-7-. The average Bonchev–Trinajstić information content (AvgIpc) is 2.90. The number of amides is 1. The molecule has 0 saturated heterocycles. The number of aromatic hydroxyl groups is 1. The Morgan fingerprint density at radius 2 is 2.14 bits per heavy atom. The first-order valence-electron chi connectivity index (χ1n) is 5.83. The molecule has 2 rings (SSSR count). The molecule has 2 N–H and O–H groups in total. The van der Waals surface area contributed by atoms with Crippen molar-refractivity contribution in [2.45, 2.75) is 6.54 Å². The fraction of sp³-hybridized carbons (Fsp3) is 0.0833. The van der Waals surface area contributed by atoms with Crippen molar-refractivity contribution >= 4 is 17.9 Å². The van der Waals surface area contributed by atoms with E-state index in [0.717, 1.165) is 4.68 Å². The van der Waals surface area contributed by atoms with Gasteiger partial charge in [0.1, 0.15) is 12.3 Å². The van der Waals surface area contributed by atoms with Crippen molar-refractivity contribution in [1.82, 2.24) is 15.2 Å². The number of nitrogens with zero attached hydrogens (tertiary/aromatic N) is 4. The molecule has 0 aliphatic rings. The van der Waals surface area contributed by atoms with E-state index >= 15 is 0 Å². The molecule has 1 amide bonds. The van der Waals surface area contributed by atoms with Gasteiger partial charge in [-0.05, 0) is 34.8 Å². The van der Waals surface area contributed by atoms with Crippen LogP contribution in [0.5, 0.6) is 5.75 Å². The Morgan fingerprint density at radius 3 is 2.76 bits per heavy atom. The van der Waals surface area contributed by atoms with Crippen LogP contribution in [0, 0.1) is 10.1 Å². The zero-order valence-corrected chi connectivity index (χ0v) is 10.7. The molecule has 0 atom stereocenters. The Bertz CT molecular complexity index is 677. The van der Waals surface area contributed by atoms with Crippen LogP contribution in [0.2, 0.25) is 0 Å². The second-order valence-electron chi connectivity index (χ2n) is 4.01. The zero-order chi connectivity index (χ0) is 15.2. The molecule has 0 aliphatic carbocycles. The number of carbonyl (C=O) groups is 1. The van der Waals surface area contributed by atoms with Crippen LogP contribution in [0.15, 0.2) is 41.6 Å². The molecule has 1 heterocycles. The van der Waals surface area contributed by atoms with Crippen LogP contribution < -0.4 is 5.43 Å². The minimum atomic E-state index is -0.641. The third kappa shape index (κ3) is 4.13. The highest BCUT2D eigenvalue weighted by molar-refractivity contribution is 5.82. The third-order valence-electron chi connectivity index (χ3n) is 2.42. The van der Waals surface area contributed by atoms with Crippen molar-refractivity contribution in [3.8, 4) is 5.75 Å². The number of hydrogen-bond acceptors (Lipinski definition) is 6. The van der Waals surface area contributed by atoms with Gasteiger partial charge in [-0.15, -0.1) is 0 Å². The van der Waals surface area contributed by atoms with Crippen molar-refractivity contribution < 1.29 is 14.8 Å². The number of phenols is 1. The molecule has 108 valence electrons. The number of aromatic nitrogens is 2. The summed E-state index contributed by atoms with van der Waals surface area (Å²) >= 11 is 0. The third-order valence-corrected chi connectivity index (χ3v) is 2.42. The number of rotatable bonds is 5. The molecule has 0 bridgehead atoms. The quantitative estimate of drug-likeness (QED) is 0.475. The van der Waals surface area contributed by atoms with E-state index in [0.29, 0.717) is 5.56 Å². The lowest BCUT2D eigenvalue weighted by Crippen LogP contribution is -2.23. The summed E-state index contributed by atoms with van der Waals surface area (Å²) in [5.74, 6) is -0.658. The van der Waals surface area contributed by atoms with Crippen LogP contribution in [-0.2, 0) is 11.3 Å². The van der Waals surface area contributed by atoms with Crippen molar-refractivity contribution in [2.24, 2.45) is 5.10 Å². The topological polar surface area (TPSA) is 123 Å². The Morgan fingerprint density at radius 1 is 1.43 bits per heavy atom. The van der Waals surface area contributed by atoms with Gasteiger partial charge in [-0.1, -0.05) is 0 Å². The van der Waals surface area contributed by atoms with Gasteiger partial charge in [0.2, 0.25) is 0 Å². The molecule has 0 saturated carbocycles. The Labute approximate surface area is 118 Å². The van der Waals surface area contributed by atoms with Crippen LogP contribution in [0.3, 0.4) is 0 Å². The van der Waals surface area contributed by atoms with Crippen molar-refractivity contribution in [3.63, 3.8) is 0 Å². The average molecular weight is 289 g/mol. The largest absolute Gasteiger partial charge is 0.508 e. The predicted molar refractivity (Wildman–Crippen MR) is 72.7 cm³/mol. The van der Waals surface area contributed by atoms with E-state index < -0.39 is 10.8 Å². The maximum Gasteiger partial charge on any atom is 0.389 e. The van der Waals surface area contributed by atoms with Gasteiger partial charge in [0, 0.05) is 0 Å². The van der Waals surface area contributed by atoms with Gasteiger partial charge in [0.25, 0.3) is 5.91 Å². The first-order chi connectivity index (χ1) is 10.0. The van der Waals surface area contributed by atoms with Gasteiger partial charge in [-0.25, -0.2) is 5.43 Å². The van der Waals surface area contributed by atoms with Crippen LogP contribution >= 0.6 is 0 Å². The number of hydrazone groups is 1. The molecule has 0 spiro atoms. The second kappa shape index (κ2) is 6.28. The molecule has 1 aromatic carbocycles. The smallest absolute Gasteiger partial charge is 0.389 e. The van der Waals surface area contributed by atoms with Crippen molar-refractivity contribution in [1.29, 1.82) is 0 Å². The van der Waals surface area contributed by atoms with Gasteiger partial charge in [-0.3, -0.25) is 4.79 Å². The highest BCUT2D eigenvalue weighted by Crippen LogP contribution is 2.07. The van der Waals surface area contributed by atoms with Crippen molar-refractivity contribution in [2.75, 3.05) is 0 Å². The second-order valence-corrected chi connectivity index (χ2v) is 4.01. The summed E-state index contributed by atoms with van der Waals surface area (Å²) in [6, 6.07) is 7.44. The summed E-state index contributed by atoms with van der Waals surface area (Å²) in [4.78, 5) is 21.3. The van der Waals surface area contributed by atoms with E-state index in [-0.39, 0.29) is 18.1 Å². The lowest BCUT2D eigenvalue weighted by Gasteiger charge is -1.97. The molecule has 1 aromatic heterocycles. The molecular formula is C12H11N5O4. The minimum absolute atomic E-state index is 0.136. The van der Waals surface area contributed by atoms with Gasteiger partial charge >= 0.3 is 5.82 Å². The summed E-state index contributed by atoms with van der Waals surface area (Å²) in [5, 5.41) is 26.9. The Kier molecular flexibility index (Phi) is 4.24. The predicted octanol–water partition coefficient (Wildman–Crippen LogP) is 0.647. The molecule has 0 unspecified atom stereocenters. The number of nitrogens with one attached hydrogen (secondary N) is 1. The number of benzene rings is 1. The summed E-state index contributed by atoms with van der Waals surface area (Å²) in [5.41, 5.74) is 2.97. The maximum atomic E-state index is 11.5. The van der Waals surface area contributed by atoms with Crippen LogP contribution in [0.4, 0.5) is 5.82 Å². The van der Waals surface area contributed by atoms with E-state index in [2.05, 4.69) is 15.6 Å². The van der Waals surface area contributed by atoms with Gasteiger partial charge in [0.05, 0.1) is 23.6 Å². The zero-order valence-electron chi connectivity index (χ0n) is 10.7. The molecule has 0 fully saturated rings. The fourth-order valence-electron chi connectivity index (χ4n) is 1.46. The molecule has 0 aliphatic heterocycles. The summed E-state index contributed by atoms with van der Waals surface area (Å²) in [6.07, 6.45) is 2.74. The van der Waals surface area contributed by atoms with E-state index in [1.807, 2.05) is 0 Å². The summed E-state index contributed by atoms with van der Waals surface area (Å²) < 4.78 is 1.14. The molecule has 9 heteroatoms.